The van der Waals surface area contributed by atoms with Crippen molar-refractivity contribution in [3.05, 3.63) is 97.1 Å². The van der Waals surface area contributed by atoms with Crippen molar-refractivity contribution in [2.24, 2.45) is 0 Å². The first kappa shape index (κ1) is 18.9. The number of hydrogen-bond acceptors (Lipinski definition) is 5. The molecule has 5 heteroatoms. The number of nitrogens with zero attached hydrogens (tertiary/aromatic N) is 2. The van der Waals surface area contributed by atoms with Crippen molar-refractivity contribution in [1.29, 1.82) is 0 Å². The molecule has 0 fully saturated rings. The van der Waals surface area contributed by atoms with E-state index in [1.54, 1.807) is 23.5 Å². The van der Waals surface area contributed by atoms with E-state index in [0.717, 1.165) is 20.8 Å². The molecular formula is C26H16N2S3. The first-order chi connectivity index (χ1) is 15.3. The van der Waals surface area contributed by atoms with E-state index in [4.69, 9.17) is 0 Å². The Bertz CT molecular complexity index is 1440. The predicted octanol–water partition coefficient (Wildman–Crippen LogP) is 8.30. The minimum atomic E-state index is 0.981. The summed E-state index contributed by atoms with van der Waals surface area (Å²) in [5.74, 6) is 0. The summed E-state index contributed by atoms with van der Waals surface area (Å²) in [5, 5.41) is 5.02. The van der Waals surface area contributed by atoms with Crippen LogP contribution in [0.4, 0.5) is 0 Å². The van der Waals surface area contributed by atoms with Gasteiger partial charge in [0.25, 0.3) is 0 Å². The summed E-state index contributed by atoms with van der Waals surface area (Å²) < 4.78 is 9.25. The van der Waals surface area contributed by atoms with E-state index in [1.807, 2.05) is 0 Å². The van der Waals surface area contributed by atoms with E-state index in [0.29, 0.717) is 0 Å². The minimum Gasteiger partial charge on any atom is -0.172 e. The fourth-order valence-corrected chi connectivity index (χ4v) is 6.29. The van der Waals surface area contributed by atoms with Gasteiger partial charge in [-0.15, -0.1) is 0 Å². The highest BCUT2D eigenvalue weighted by molar-refractivity contribution is 8.00. The molecule has 5 aromatic carbocycles. The van der Waals surface area contributed by atoms with Gasteiger partial charge in [-0.25, -0.2) is 0 Å². The molecule has 0 aliphatic heterocycles. The van der Waals surface area contributed by atoms with Crippen LogP contribution < -0.4 is 0 Å². The van der Waals surface area contributed by atoms with E-state index < -0.39 is 0 Å². The Hall–Kier alpha value is -2.86. The molecule has 1 heterocycles. The Kier molecular flexibility index (Phi) is 4.87. The maximum absolute atomic E-state index is 4.63. The highest BCUT2D eigenvalue weighted by Crippen LogP contribution is 2.40. The van der Waals surface area contributed by atoms with Gasteiger partial charge >= 0.3 is 0 Å². The molecule has 0 atom stereocenters. The summed E-state index contributed by atoms with van der Waals surface area (Å²) in [6.45, 7) is 0. The largest absolute Gasteiger partial charge is 0.172 e. The molecule has 2 nitrogen and oxygen atoms in total. The van der Waals surface area contributed by atoms with Crippen LogP contribution in [-0.4, -0.2) is 8.75 Å². The molecule has 0 unspecified atom stereocenters. The van der Waals surface area contributed by atoms with Crippen molar-refractivity contribution in [1.82, 2.24) is 8.75 Å². The second-order valence-corrected chi connectivity index (χ2v) is 10.0. The van der Waals surface area contributed by atoms with Crippen molar-refractivity contribution in [3.8, 4) is 0 Å². The lowest BCUT2D eigenvalue weighted by molar-refractivity contribution is 1.37. The van der Waals surface area contributed by atoms with Crippen LogP contribution in [0.2, 0.25) is 0 Å². The number of hydrogen-bond donors (Lipinski definition) is 0. The van der Waals surface area contributed by atoms with E-state index in [-0.39, 0.29) is 0 Å². The Balaban J connectivity index is 1.34. The fraction of sp³-hybridized carbons (Fsp3) is 0. The Morgan fingerprint density at radius 3 is 1.42 bits per heavy atom. The summed E-state index contributed by atoms with van der Waals surface area (Å²) in [5.41, 5.74) is 1.96. The van der Waals surface area contributed by atoms with Crippen molar-refractivity contribution >= 4 is 67.8 Å². The molecule has 0 aliphatic rings. The van der Waals surface area contributed by atoms with Gasteiger partial charge < -0.3 is 0 Å². The van der Waals surface area contributed by atoms with Crippen LogP contribution in [0.5, 0.6) is 0 Å². The average molecular weight is 453 g/mol. The SMILES string of the molecule is c1ccc2cc(Sc3ccc(Sc4ccc5ccccc5c4)c4nsnc34)ccc2c1. The van der Waals surface area contributed by atoms with Gasteiger partial charge in [0.05, 0.1) is 11.7 Å². The number of benzene rings is 5. The third-order valence-electron chi connectivity index (χ3n) is 5.24. The highest BCUT2D eigenvalue weighted by atomic mass is 32.2. The van der Waals surface area contributed by atoms with Gasteiger partial charge in [-0.3, -0.25) is 0 Å². The van der Waals surface area contributed by atoms with E-state index in [1.165, 1.54) is 43.1 Å². The van der Waals surface area contributed by atoms with Gasteiger partial charge in [-0.1, -0.05) is 84.2 Å². The maximum Gasteiger partial charge on any atom is 0.119 e. The first-order valence-electron chi connectivity index (χ1n) is 9.92. The van der Waals surface area contributed by atoms with E-state index in [2.05, 4.69) is 106 Å². The zero-order valence-electron chi connectivity index (χ0n) is 16.4. The third-order valence-corrected chi connectivity index (χ3v) is 7.85. The van der Waals surface area contributed by atoms with Crippen LogP contribution in [0, 0.1) is 0 Å². The van der Waals surface area contributed by atoms with Gasteiger partial charge in [0.15, 0.2) is 0 Å². The summed E-state index contributed by atoms with van der Waals surface area (Å²) >= 11 is 4.78. The van der Waals surface area contributed by atoms with E-state index >= 15 is 0 Å². The van der Waals surface area contributed by atoms with Gasteiger partial charge in [0, 0.05) is 19.6 Å². The number of aromatic nitrogens is 2. The number of fused-ring (bicyclic) bond motifs is 3. The molecule has 6 rings (SSSR count). The lowest BCUT2D eigenvalue weighted by Gasteiger charge is -2.08. The second-order valence-electron chi connectivity index (χ2n) is 7.25. The van der Waals surface area contributed by atoms with Crippen LogP contribution in [0.25, 0.3) is 32.6 Å². The molecule has 148 valence electrons. The zero-order valence-corrected chi connectivity index (χ0v) is 18.8. The summed E-state index contributed by atoms with van der Waals surface area (Å²) in [4.78, 5) is 4.70. The summed E-state index contributed by atoms with van der Waals surface area (Å²) in [6, 6.07) is 34.4. The minimum absolute atomic E-state index is 0.981. The van der Waals surface area contributed by atoms with Gasteiger partial charge in [0.2, 0.25) is 0 Å². The molecule has 0 saturated heterocycles. The standard InChI is InChI=1S/C26H16N2S3/c1-3-7-19-15-21(11-9-17(19)5-1)29-23-13-14-24(26-25(23)27-31-28-26)30-22-12-10-18-6-2-4-8-20(18)16-22/h1-16H. The predicted molar refractivity (Wildman–Crippen MR) is 134 cm³/mol. The highest BCUT2D eigenvalue weighted by Gasteiger charge is 2.13. The molecule has 0 spiro atoms. The lowest BCUT2D eigenvalue weighted by Crippen LogP contribution is -1.83. The van der Waals surface area contributed by atoms with Crippen LogP contribution >= 0.6 is 35.3 Å². The lowest BCUT2D eigenvalue weighted by atomic mass is 10.1. The Morgan fingerprint density at radius 2 is 0.935 bits per heavy atom. The quantitative estimate of drug-likeness (QED) is 0.269. The fourth-order valence-electron chi connectivity index (χ4n) is 3.70. The van der Waals surface area contributed by atoms with Crippen molar-refractivity contribution in [2.45, 2.75) is 19.6 Å². The Labute approximate surface area is 192 Å². The van der Waals surface area contributed by atoms with Crippen molar-refractivity contribution < 1.29 is 0 Å². The first-order valence-corrected chi connectivity index (χ1v) is 12.3. The van der Waals surface area contributed by atoms with Crippen LogP contribution in [0.3, 0.4) is 0 Å². The van der Waals surface area contributed by atoms with Gasteiger partial charge in [-0.05, 0) is 57.9 Å². The maximum atomic E-state index is 4.63. The summed E-state index contributed by atoms with van der Waals surface area (Å²) in [7, 11) is 0. The van der Waals surface area contributed by atoms with Crippen LogP contribution in [-0.2, 0) is 0 Å². The normalized spacial score (nSPS) is 11.5. The van der Waals surface area contributed by atoms with Crippen molar-refractivity contribution in [2.75, 3.05) is 0 Å². The third kappa shape index (κ3) is 3.69. The molecule has 0 N–H and O–H groups in total. The second kappa shape index (κ2) is 8.00. The molecule has 0 aliphatic carbocycles. The smallest absolute Gasteiger partial charge is 0.119 e. The number of rotatable bonds is 4. The topological polar surface area (TPSA) is 25.8 Å². The molecule has 0 radical (unpaired) electrons. The van der Waals surface area contributed by atoms with Gasteiger partial charge in [0.1, 0.15) is 11.0 Å². The van der Waals surface area contributed by atoms with Crippen LogP contribution in [0.1, 0.15) is 0 Å². The molecule has 6 aromatic rings. The average Bonchev–Trinajstić information content (AvgIpc) is 3.31. The molecular weight excluding hydrogens is 437 g/mol. The molecule has 0 amide bonds. The van der Waals surface area contributed by atoms with E-state index in [9.17, 15) is 0 Å². The monoisotopic (exact) mass is 452 g/mol. The summed E-state index contributed by atoms with van der Waals surface area (Å²) in [6.07, 6.45) is 0. The molecule has 31 heavy (non-hydrogen) atoms. The Morgan fingerprint density at radius 1 is 0.484 bits per heavy atom. The molecule has 0 bridgehead atoms. The molecule has 0 saturated carbocycles. The van der Waals surface area contributed by atoms with Crippen LogP contribution in [0.15, 0.2) is 117 Å². The zero-order chi connectivity index (χ0) is 20.6. The van der Waals surface area contributed by atoms with Crippen molar-refractivity contribution in [3.63, 3.8) is 0 Å². The van der Waals surface area contributed by atoms with Gasteiger partial charge in [-0.2, -0.15) is 8.75 Å². The molecule has 1 aromatic heterocycles.